The molecule has 0 aromatic carbocycles. The summed E-state index contributed by atoms with van der Waals surface area (Å²) in [5, 5.41) is 3.97. The first kappa shape index (κ1) is 22.7. The second kappa shape index (κ2) is 11.5. The molecule has 2 N–H and O–H groups in total. The van der Waals surface area contributed by atoms with Gasteiger partial charge in [0.2, 0.25) is 0 Å². The number of hydrogen-bond donors (Lipinski definition) is 2. The van der Waals surface area contributed by atoms with Crippen LogP contribution in [0.3, 0.4) is 0 Å². The molecule has 30 heavy (non-hydrogen) atoms. The van der Waals surface area contributed by atoms with Crippen molar-refractivity contribution in [2.45, 2.75) is 51.9 Å². The number of nitrogens with zero attached hydrogens (tertiary/aromatic N) is 2. The van der Waals surface area contributed by atoms with Gasteiger partial charge in [0, 0.05) is 51.0 Å². The molecule has 0 aliphatic carbocycles. The van der Waals surface area contributed by atoms with E-state index < -0.39 is 0 Å². The first-order valence-electron chi connectivity index (χ1n) is 10.5. The third kappa shape index (κ3) is 7.40. The second-order valence-electron chi connectivity index (χ2n) is 7.98. The van der Waals surface area contributed by atoms with Gasteiger partial charge in [-0.1, -0.05) is 23.3 Å². The minimum atomic E-state index is -0.369. The molecule has 1 aromatic heterocycles. The SMILES string of the molecule is CC(C)=CCN1CC[C@@H](Nc2ncc(C=CC(=O)NOC3CCCCO3)cc2Cl)C1. The molecule has 2 aliphatic rings. The summed E-state index contributed by atoms with van der Waals surface area (Å²) < 4.78 is 5.40. The summed E-state index contributed by atoms with van der Waals surface area (Å²) in [6, 6.07) is 2.12. The van der Waals surface area contributed by atoms with E-state index in [1.807, 2.05) is 0 Å². The minimum absolute atomic E-state index is 0.326. The Labute approximate surface area is 183 Å². The normalized spacial score (nSPS) is 22.2. The lowest BCUT2D eigenvalue weighted by atomic mass is 10.2. The molecule has 2 saturated heterocycles. The van der Waals surface area contributed by atoms with Gasteiger partial charge < -0.3 is 10.1 Å². The Morgan fingerprint density at radius 3 is 3.00 bits per heavy atom. The summed E-state index contributed by atoms with van der Waals surface area (Å²) in [6.07, 6.45) is 10.5. The number of hydroxylamine groups is 1. The van der Waals surface area contributed by atoms with Gasteiger partial charge in [0.25, 0.3) is 5.91 Å². The number of halogens is 1. The summed E-state index contributed by atoms with van der Waals surface area (Å²) in [5.74, 6) is 0.315. The van der Waals surface area contributed by atoms with E-state index in [-0.39, 0.29) is 12.2 Å². The molecular formula is C22H31ClN4O3. The largest absolute Gasteiger partial charge is 0.365 e. The highest BCUT2D eigenvalue weighted by molar-refractivity contribution is 6.33. The molecule has 1 amide bonds. The maximum Gasteiger partial charge on any atom is 0.267 e. The second-order valence-corrected chi connectivity index (χ2v) is 8.39. The first-order chi connectivity index (χ1) is 14.5. The number of likely N-dealkylation sites (tertiary alicyclic amines) is 1. The average Bonchev–Trinajstić information content (AvgIpc) is 3.19. The van der Waals surface area contributed by atoms with Crippen molar-refractivity contribution in [3.05, 3.63) is 40.6 Å². The van der Waals surface area contributed by atoms with Crippen molar-refractivity contribution in [3.8, 4) is 0 Å². The van der Waals surface area contributed by atoms with Gasteiger partial charge in [0.05, 0.1) is 5.02 Å². The van der Waals surface area contributed by atoms with E-state index in [9.17, 15) is 4.79 Å². The molecule has 0 radical (unpaired) electrons. The summed E-state index contributed by atoms with van der Waals surface area (Å²) in [5.41, 5.74) is 4.47. The number of pyridine rings is 1. The number of nitrogens with one attached hydrogen (secondary N) is 2. The molecule has 0 spiro atoms. The van der Waals surface area contributed by atoms with Crippen LogP contribution in [-0.2, 0) is 14.4 Å². The Morgan fingerprint density at radius 1 is 1.40 bits per heavy atom. The zero-order chi connectivity index (χ0) is 21.3. The van der Waals surface area contributed by atoms with Gasteiger partial charge in [-0.2, -0.15) is 0 Å². The lowest BCUT2D eigenvalue weighted by Gasteiger charge is -2.21. The van der Waals surface area contributed by atoms with Gasteiger partial charge in [0.15, 0.2) is 6.29 Å². The third-order valence-corrected chi connectivity index (χ3v) is 5.38. The molecule has 0 bridgehead atoms. The average molecular weight is 435 g/mol. The molecule has 1 unspecified atom stereocenters. The molecule has 1 aromatic rings. The number of amides is 1. The monoisotopic (exact) mass is 434 g/mol. The topological polar surface area (TPSA) is 75.7 Å². The molecule has 2 atom stereocenters. The van der Waals surface area contributed by atoms with Crippen LogP contribution in [0.1, 0.15) is 45.1 Å². The molecule has 8 heteroatoms. The fourth-order valence-corrected chi connectivity index (χ4v) is 3.63. The summed E-state index contributed by atoms with van der Waals surface area (Å²) in [4.78, 5) is 24.0. The number of carbonyl (C=O) groups excluding carboxylic acids is 1. The van der Waals surface area contributed by atoms with E-state index in [4.69, 9.17) is 21.2 Å². The molecule has 3 rings (SSSR count). The van der Waals surface area contributed by atoms with E-state index in [0.29, 0.717) is 23.5 Å². The summed E-state index contributed by atoms with van der Waals surface area (Å²) in [6.45, 7) is 7.90. The summed E-state index contributed by atoms with van der Waals surface area (Å²) in [7, 11) is 0. The quantitative estimate of drug-likeness (QED) is 0.368. The van der Waals surface area contributed by atoms with E-state index in [2.05, 4.69) is 40.6 Å². The van der Waals surface area contributed by atoms with Crippen molar-refractivity contribution in [1.29, 1.82) is 0 Å². The Kier molecular flexibility index (Phi) is 8.69. The third-order valence-electron chi connectivity index (χ3n) is 5.09. The van der Waals surface area contributed by atoms with Crippen LogP contribution in [0.5, 0.6) is 0 Å². The maximum absolute atomic E-state index is 11.9. The van der Waals surface area contributed by atoms with Gasteiger partial charge in [-0.25, -0.2) is 15.3 Å². The molecule has 2 fully saturated rings. The number of aromatic nitrogens is 1. The lowest BCUT2D eigenvalue weighted by Crippen LogP contribution is -2.32. The van der Waals surface area contributed by atoms with Crippen LogP contribution in [0.4, 0.5) is 5.82 Å². The number of anilines is 1. The van der Waals surface area contributed by atoms with Gasteiger partial charge in [-0.3, -0.25) is 9.69 Å². The molecule has 2 aliphatic heterocycles. The lowest BCUT2D eigenvalue weighted by molar-refractivity contribution is -0.198. The van der Waals surface area contributed by atoms with Gasteiger partial charge in [-0.15, -0.1) is 0 Å². The molecule has 164 valence electrons. The Morgan fingerprint density at radius 2 is 2.27 bits per heavy atom. The van der Waals surface area contributed by atoms with Crippen molar-refractivity contribution < 1.29 is 14.4 Å². The Balaban J connectivity index is 1.46. The standard InChI is InChI=1S/C22H31ClN4O3/c1-16(2)8-10-27-11-9-18(15-27)25-22-19(23)13-17(14-24-22)6-7-20(28)26-30-21-5-3-4-12-29-21/h6-8,13-14,18,21H,3-5,9-12,15H2,1-2H3,(H,24,25)(H,26,28)/t18-,21?/m1/s1. The highest BCUT2D eigenvalue weighted by Gasteiger charge is 2.22. The van der Waals surface area contributed by atoms with Crippen LogP contribution in [0, 0.1) is 0 Å². The smallest absolute Gasteiger partial charge is 0.267 e. The fourth-order valence-electron chi connectivity index (χ4n) is 3.41. The van der Waals surface area contributed by atoms with Gasteiger partial charge >= 0.3 is 0 Å². The number of ether oxygens (including phenoxy) is 1. The van der Waals surface area contributed by atoms with Crippen LogP contribution >= 0.6 is 11.6 Å². The number of carbonyl (C=O) groups is 1. The van der Waals surface area contributed by atoms with Gasteiger partial charge in [-0.05, 0) is 50.8 Å². The molecule has 3 heterocycles. The molecule has 7 nitrogen and oxygen atoms in total. The Bertz CT molecular complexity index is 774. The van der Waals surface area contributed by atoms with Crippen LogP contribution in [0.15, 0.2) is 30.0 Å². The van der Waals surface area contributed by atoms with Crippen molar-refractivity contribution in [3.63, 3.8) is 0 Å². The van der Waals surface area contributed by atoms with E-state index in [1.54, 1.807) is 18.3 Å². The predicted molar refractivity (Wildman–Crippen MR) is 119 cm³/mol. The van der Waals surface area contributed by atoms with Crippen LogP contribution < -0.4 is 10.8 Å². The van der Waals surface area contributed by atoms with Crippen molar-refractivity contribution in [2.24, 2.45) is 0 Å². The Hall–Kier alpha value is -1.93. The summed E-state index contributed by atoms with van der Waals surface area (Å²) >= 11 is 6.40. The minimum Gasteiger partial charge on any atom is -0.365 e. The van der Waals surface area contributed by atoms with Gasteiger partial charge in [0.1, 0.15) is 5.82 Å². The first-order valence-corrected chi connectivity index (χ1v) is 10.9. The highest BCUT2D eigenvalue weighted by Crippen LogP contribution is 2.23. The zero-order valence-corrected chi connectivity index (χ0v) is 18.5. The van der Waals surface area contributed by atoms with E-state index >= 15 is 0 Å². The van der Waals surface area contributed by atoms with Crippen molar-refractivity contribution in [2.75, 3.05) is 31.6 Å². The van der Waals surface area contributed by atoms with E-state index in [1.165, 1.54) is 11.6 Å². The highest BCUT2D eigenvalue weighted by atomic mass is 35.5. The number of allylic oxidation sites excluding steroid dienone is 1. The van der Waals surface area contributed by atoms with Crippen molar-refractivity contribution >= 4 is 29.4 Å². The molecule has 0 saturated carbocycles. The maximum atomic E-state index is 11.9. The van der Waals surface area contributed by atoms with Crippen LogP contribution in [-0.4, -0.2) is 54.4 Å². The number of rotatable bonds is 8. The number of hydrogen-bond acceptors (Lipinski definition) is 6. The van der Waals surface area contributed by atoms with E-state index in [0.717, 1.165) is 50.9 Å². The predicted octanol–water partition coefficient (Wildman–Crippen LogP) is 3.78. The zero-order valence-electron chi connectivity index (χ0n) is 17.7. The van der Waals surface area contributed by atoms with Crippen LogP contribution in [0.25, 0.3) is 6.08 Å². The fraction of sp³-hybridized carbons (Fsp3) is 0.545. The molecular weight excluding hydrogens is 404 g/mol. The van der Waals surface area contributed by atoms with Crippen LogP contribution in [0.2, 0.25) is 5.02 Å². The van der Waals surface area contributed by atoms with Crippen molar-refractivity contribution in [1.82, 2.24) is 15.4 Å².